The van der Waals surface area contributed by atoms with Gasteiger partial charge in [-0.05, 0) is 25.3 Å². The van der Waals surface area contributed by atoms with Gasteiger partial charge >= 0.3 is 0 Å². The van der Waals surface area contributed by atoms with Gasteiger partial charge in [-0.15, -0.1) is 0 Å². The lowest BCUT2D eigenvalue weighted by molar-refractivity contribution is 0.500. The first kappa shape index (κ1) is 9.68. The highest BCUT2D eigenvalue weighted by molar-refractivity contribution is 5.05. The van der Waals surface area contributed by atoms with Crippen molar-refractivity contribution in [3.05, 3.63) is 18.2 Å². The minimum Gasteiger partial charge on any atom is -0.336 e. The van der Waals surface area contributed by atoms with Crippen LogP contribution in [0.5, 0.6) is 0 Å². The smallest absolute Gasteiger partial charge is 0.0946 e. The molecule has 0 saturated heterocycles. The maximum Gasteiger partial charge on any atom is 0.0946 e. The summed E-state index contributed by atoms with van der Waals surface area (Å²) in [4.78, 5) is 4.10. The van der Waals surface area contributed by atoms with Crippen LogP contribution in [-0.2, 0) is 7.05 Å². The molecule has 0 aliphatic heterocycles. The molecule has 1 aromatic heterocycles. The monoisotopic (exact) mass is 194 g/mol. The van der Waals surface area contributed by atoms with E-state index in [1.165, 1.54) is 18.5 Å². The molecule has 1 atom stereocenters. The van der Waals surface area contributed by atoms with Crippen molar-refractivity contribution in [2.75, 3.05) is 13.1 Å². The number of imidazole rings is 1. The highest BCUT2D eigenvalue weighted by atomic mass is 15.1. The molecule has 0 bridgehead atoms. The van der Waals surface area contributed by atoms with Gasteiger partial charge in [0.1, 0.15) is 0 Å². The van der Waals surface area contributed by atoms with Crippen LogP contribution in [0.15, 0.2) is 12.5 Å². The molecule has 0 radical (unpaired) electrons. The van der Waals surface area contributed by atoms with E-state index < -0.39 is 0 Å². The number of hydrogen-bond acceptors (Lipinski definition) is 3. The Kier molecular flexibility index (Phi) is 2.84. The average molecular weight is 194 g/mol. The first-order valence-electron chi connectivity index (χ1n) is 5.21. The second-order valence-electron chi connectivity index (χ2n) is 4.07. The molecule has 3 N–H and O–H groups in total. The van der Waals surface area contributed by atoms with Crippen molar-refractivity contribution in [2.45, 2.75) is 18.9 Å². The van der Waals surface area contributed by atoms with Crippen LogP contribution in [0.25, 0.3) is 0 Å². The fraction of sp³-hybridized carbons (Fsp3) is 0.700. The molecule has 4 nitrogen and oxygen atoms in total. The number of hydrogen-bond donors (Lipinski definition) is 2. The Morgan fingerprint density at radius 3 is 3.00 bits per heavy atom. The van der Waals surface area contributed by atoms with Gasteiger partial charge in [-0.3, -0.25) is 0 Å². The van der Waals surface area contributed by atoms with Crippen molar-refractivity contribution in [3.63, 3.8) is 0 Å². The molecular formula is C10H18N4. The Morgan fingerprint density at radius 1 is 1.71 bits per heavy atom. The number of rotatable bonds is 5. The molecule has 2 rings (SSSR count). The van der Waals surface area contributed by atoms with Crippen LogP contribution in [0, 0.1) is 5.92 Å². The van der Waals surface area contributed by atoms with Gasteiger partial charge in [-0.25, -0.2) is 4.98 Å². The Bertz CT molecular complexity index is 290. The van der Waals surface area contributed by atoms with E-state index in [1.54, 1.807) is 0 Å². The Balaban J connectivity index is 1.93. The fourth-order valence-electron chi connectivity index (χ4n) is 1.64. The van der Waals surface area contributed by atoms with E-state index in [-0.39, 0.29) is 6.04 Å². The molecule has 0 amide bonds. The van der Waals surface area contributed by atoms with Crippen LogP contribution < -0.4 is 11.1 Å². The molecule has 4 heteroatoms. The van der Waals surface area contributed by atoms with E-state index in [0.29, 0.717) is 6.54 Å². The van der Waals surface area contributed by atoms with Crippen molar-refractivity contribution in [2.24, 2.45) is 18.7 Å². The second-order valence-corrected chi connectivity index (χ2v) is 4.07. The summed E-state index contributed by atoms with van der Waals surface area (Å²) in [6, 6.07) is 0.253. The van der Waals surface area contributed by atoms with Crippen molar-refractivity contribution in [1.82, 2.24) is 14.9 Å². The molecule has 1 saturated carbocycles. The van der Waals surface area contributed by atoms with E-state index in [0.717, 1.165) is 12.5 Å². The van der Waals surface area contributed by atoms with Crippen molar-refractivity contribution >= 4 is 0 Å². The average Bonchev–Trinajstić information content (AvgIpc) is 2.92. The molecule has 1 unspecified atom stereocenters. The van der Waals surface area contributed by atoms with Gasteiger partial charge in [0.2, 0.25) is 0 Å². The topological polar surface area (TPSA) is 55.9 Å². The summed E-state index contributed by atoms with van der Waals surface area (Å²) in [7, 11) is 2.00. The zero-order valence-electron chi connectivity index (χ0n) is 8.61. The van der Waals surface area contributed by atoms with Gasteiger partial charge in [0.15, 0.2) is 0 Å². The molecule has 0 spiro atoms. The summed E-state index contributed by atoms with van der Waals surface area (Å²) < 4.78 is 2.03. The van der Waals surface area contributed by atoms with Gasteiger partial charge in [0, 0.05) is 19.8 Å². The number of nitrogens with zero attached hydrogens (tertiary/aromatic N) is 2. The van der Waals surface area contributed by atoms with Crippen LogP contribution in [0.4, 0.5) is 0 Å². The lowest BCUT2D eigenvalue weighted by Gasteiger charge is -2.16. The third-order valence-electron chi connectivity index (χ3n) is 2.80. The Morgan fingerprint density at radius 2 is 2.50 bits per heavy atom. The fourth-order valence-corrected chi connectivity index (χ4v) is 1.64. The van der Waals surface area contributed by atoms with E-state index >= 15 is 0 Å². The SMILES string of the molecule is Cn1cncc1C(CN)NCC1CC1. The summed E-state index contributed by atoms with van der Waals surface area (Å²) in [6.45, 7) is 1.72. The molecule has 1 fully saturated rings. The third kappa shape index (κ3) is 2.13. The van der Waals surface area contributed by atoms with E-state index in [2.05, 4.69) is 10.3 Å². The lowest BCUT2D eigenvalue weighted by Crippen LogP contribution is -2.31. The Hall–Kier alpha value is -0.870. The molecule has 1 heterocycles. The standard InChI is InChI=1S/C10H18N4/c1-14-7-12-6-10(14)9(4-11)13-5-8-2-3-8/h6-9,13H,2-5,11H2,1H3. The number of nitrogens with one attached hydrogen (secondary N) is 1. The third-order valence-corrected chi connectivity index (χ3v) is 2.80. The molecule has 1 aliphatic carbocycles. The maximum absolute atomic E-state index is 5.74. The zero-order valence-corrected chi connectivity index (χ0v) is 8.61. The van der Waals surface area contributed by atoms with Crippen molar-refractivity contribution in [1.29, 1.82) is 0 Å². The predicted octanol–water partition coefficient (Wildman–Crippen LogP) is 0.419. The summed E-state index contributed by atoms with van der Waals surface area (Å²) in [6.07, 6.45) is 6.44. The molecule has 14 heavy (non-hydrogen) atoms. The first-order chi connectivity index (χ1) is 6.81. The van der Waals surface area contributed by atoms with Crippen LogP contribution in [0.1, 0.15) is 24.6 Å². The summed E-state index contributed by atoms with van der Waals surface area (Å²) >= 11 is 0. The van der Waals surface area contributed by atoms with Gasteiger partial charge in [-0.1, -0.05) is 0 Å². The highest BCUT2D eigenvalue weighted by Gasteiger charge is 2.22. The minimum atomic E-state index is 0.253. The van der Waals surface area contributed by atoms with Gasteiger partial charge < -0.3 is 15.6 Å². The van der Waals surface area contributed by atoms with Crippen molar-refractivity contribution < 1.29 is 0 Å². The molecule has 0 aromatic carbocycles. The first-order valence-corrected chi connectivity index (χ1v) is 5.21. The number of aromatic nitrogens is 2. The Labute approximate surface area is 84.5 Å². The van der Waals surface area contributed by atoms with Crippen molar-refractivity contribution in [3.8, 4) is 0 Å². The van der Waals surface area contributed by atoms with Gasteiger partial charge in [-0.2, -0.15) is 0 Å². The minimum absolute atomic E-state index is 0.253. The summed E-state index contributed by atoms with van der Waals surface area (Å²) in [5, 5.41) is 3.49. The van der Waals surface area contributed by atoms with Crippen LogP contribution in [-0.4, -0.2) is 22.6 Å². The largest absolute Gasteiger partial charge is 0.336 e. The molecule has 1 aromatic rings. The number of nitrogens with two attached hydrogens (primary N) is 1. The van der Waals surface area contributed by atoms with E-state index in [9.17, 15) is 0 Å². The lowest BCUT2D eigenvalue weighted by atomic mass is 10.2. The number of aryl methyl sites for hydroxylation is 1. The highest BCUT2D eigenvalue weighted by Crippen LogP contribution is 2.28. The molecule has 1 aliphatic rings. The van der Waals surface area contributed by atoms with Crippen LogP contribution >= 0.6 is 0 Å². The van der Waals surface area contributed by atoms with E-state index in [1.807, 2.05) is 24.1 Å². The second kappa shape index (κ2) is 4.11. The summed E-state index contributed by atoms with van der Waals surface area (Å²) in [5.41, 5.74) is 6.91. The van der Waals surface area contributed by atoms with Gasteiger partial charge in [0.25, 0.3) is 0 Å². The molecule has 78 valence electrons. The van der Waals surface area contributed by atoms with Crippen LogP contribution in [0.2, 0.25) is 0 Å². The normalized spacial score (nSPS) is 18.4. The van der Waals surface area contributed by atoms with E-state index in [4.69, 9.17) is 5.73 Å². The predicted molar refractivity (Wildman–Crippen MR) is 55.7 cm³/mol. The summed E-state index contributed by atoms with van der Waals surface area (Å²) in [5.74, 6) is 0.886. The zero-order chi connectivity index (χ0) is 9.97. The van der Waals surface area contributed by atoms with Gasteiger partial charge in [0.05, 0.1) is 18.1 Å². The molecular weight excluding hydrogens is 176 g/mol. The quantitative estimate of drug-likeness (QED) is 0.714. The van der Waals surface area contributed by atoms with Crippen LogP contribution in [0.3, 0.4) is 0 Å². The maximum atomic E-state index is 5.74.